The first kappa shape index (κ1) is 12.7. The number of hydrogen-bond acceptors (Lipinski definition) is 6. The molecule has 0 aromatic carbocycles. The Morgan fingerprint density at radius 2 is 1.84 bits per heavy atom. The predicted octanol–water partition coefficient (Wildman–Crippen LogP) is 1.95. The van der Waals surface area contributed by atoms with E-state index in [-0.39, 0.29) is 0 Å². The van der Waals surface area contributed by atoms with Gasteiger partial charge in [0.05, 0.1) is 0 Å². The summed E-state index contributed by atoms with van der Waals surface area (Å²) in [5.41, 5.74) is 1.61. The molecule has 2 aromatic heterocycles. The van der Waals surface area contributed by atoms with Gasteiger partial charge in [0.25, 0.3) is 0 Å². The van der Waals surface area contributed by atoms with Crippen LogP contribution in [0.2, 0.25) is 0 Å². The topological polar surface area (TPSA) is 76.8 Å². The maximum absolute atomic E-state index is 4.05. The molecular formula is C13H12N6. The van der Waals surface area contributed by atoms with Crippen LogP contribution in [0, 0.1) is 0 Å². The Balaban J connectivity index is 2.28. The molecule has 0 aliphatic rings. The monoisotopic (exact) mass is 252 g/mol. The number of pyridine rings is 1. The van der Waals surface area contributed by atoms with Crippen LogP contribution in [0.15, 0.2) is 47.9 Å². The van der Waals surface area contributed by atoms with Crippen LogP contribution in [0.25, 0.3) is 17.0 Å². The molecule has 6 nitrogen and oxygen atoms in total. The predicted molar refractivity (Wildman–Crippen MR) is 73.2 cm³/mol. The molecule has 2 rings (SSSR count). The zero-order chi connectivity index (χ0) is 13.5. The van der Waals surface area contributed by atoms with Crippen LogP contribution in [0.1, 0.15) is 12.7 Å². The molecule has 2 heterocycles. The fourth-order valence-electron chi connectivity index (χ4n) is 1.39. The first-order valence-electron chi connectivity index (χ1n) is 5.62. The van der Waals surface area contributed by atoms with Gasteiger partial charge in [-0.25, -0.2) is 0 Å². The highest BCUT2D eigenvalue weighted by Gasteiger charge is 2.05. The van der Waals surface area contributed by atoms with E-state index in [1.807, 2.05) is 13.0 Å². The molecule has 6 heteroatoms. The highest BCUT2D eigenvalue weighted by Crippen LogP contribution is 2.13. The Morgan fingerprint density at radius 1 is 1.16 bits per heavy atom. The maximum atomic E-state index is 4.05. The van der Waals surface area contributed by atoms with Crippen LogP contribution in [-0.4, -0.2) is 32.1 Å². The van der Waals surface area contributed by atoms with Gasteiger partial charge in [0.1, 0.15) is 0 Å². The molecule has 0 aliphatic heterocycles. The Labute approximate surface area is 110 Å². The van der Waals surface area contributed by atoms with Gasteiger partial charge in [-0.3, -0.25) is 9.98 Å². The summed E-state index contributed by atoms with van der Waals surface area (Å²) in [5.74, 6) is 0.910. The van der Waals surface area contributed by atoms with E-state index in [9.17, 15) is 0 Å². The van der Waals surface area contributed by atoms with Crippen LogP contribution >= 0.6 is 0 Å². The Bertz CT molecular complexity index is 601. The summed E-state index contributed by atoms with van der Waals surface area (Å²) in [5, 5.41) is 16.2. The van der Waals surface area contributed by atoms with Crippen molar-refractivity contribution in [3.63, 3.8) is 0 Å². The van der Waals surface area contributed by atoms with E-state index >= 15 is 0 Å². The second kappa shape index (κ2) is 6.25. The Hall–Kier alpha value is -2.76. The van der Waals surface area contributed by atoms with Crippen LogP contribution < -0.4 is 0 Å². The van der Waals surface area contributed by atoms with E-state index < -0.39 is 0 Å². The number of aliphatic imine (C=N–C) groups is 1. The molecule has 2 aromatic rings. The minimum Gasteiger partial charge on any atom is -0.272 e. The summed E-state index contributed by atoms with van der Waals surface area (Å²) in [6.07, 6.45) is 8.50. The van der Waals surface area contributed by atoms with Crippen molar-refractivity contribution in [1.29, 1.82) is 0 Å². The van der Waals surface area contributed by atoms with Gasteiger partial charge in [-0.1, -0.05) is 6.08 Å². The summed E-state index contributed by atoms with van der Waals surface area (Å²) in [4.78, 5) is 7.57. The van der Waals surface area contributed by atoms with Gasteiger partial charge in [-0.05, 0) is 31.9 Å². The van der Waals surface area contributed by atoms with Crippen molar-refractivity contribution < 1.29 is 0 Å². The molecule has 0 atom stereocenters. The summed E-state index contributed by atoms with van der Waals surface area (Å²) >= 11 is 0. The van der Waals surface area contributed by atoms with E-state index in [4.69, 9.17) is 0 Å². The van der Waals surface area contributed by atoms with Crippen LogP contribution in [-0.2, 0) is 0 Å². The number of nitrogens with zero attached hydrogens (tertiary/aromatic N) is 6. The first-order valence-corrected chi connectivity index (χ1v) is 5.62. The molecule has 0 aliphatic carbocycles. The molecule has 0 N–H and O–H groups in total. The minimum atomic E-state index is 0.445. The summed E-state index contributed by atoms with van der Waals surface area (Å²) < 4.78 is 0. The lowest BCUT2D eigenvalue weighted by Crippen LogP contribution is -2.01. The second-order valence-corrected chi connectivity index (χ2v) is 3.53. The van der Waals surface area contributed by atoms with Crippen molar-refractivity contribution in [3.8, 4) is 11.4 Å². The average Bonchev–Trinajstić information content (AvgIpc) is 2.49. The summed E-state index contributed by atoms with van der Waals surface area (Å²) in [6.45, 7) is 5.25. The van der Waals surface area contributed by atoms with Gasteiger partial charge in [-0.2, -0.15) is 0 Å². The molecule has 0 bridgehead atoms. The smallest absolute Gasteiger partial charge is 0.203 e. The fraction of sp³-hybridized carbons (Fsp3) is 0.0769. The van der Waals surface area contributed by atoms with Crippen LogP contribution in [0.3, 0.4) is 0 Å². The van der Waals surface area contributed by atoms with E-state index in [1.54, 1.807) is 36.8 Å². The summed E-state index contributed by atoms with van der Waals surface area (Å²) in [7, 11) is 0. The molecule has 0 saturated heterocycles. The quantitative estimate of drug-likeness (QED) is 0.614. The van der Waals surface area contributed by atoms with E-state index in [0.717, 1.165) is 11.1 Å². The van der Waals surface area contributed by atoms with Crippen molar-refractivity contribution >= 4 is 12.3 Å². The molecule has 0 unspecified atom stereocenters. The summed E-state index contributed by atoms with van der Waals surface area (Å²) in [6, 6.07) is 3.60. The molecule has 0 fully saturated rings. The minimum absolute atomic E-state index is 0.445. The van der Waals surface area contributed by atoms with Crippen molar-refractivity contribution in [3.05, 3.63) is 48.7 Å². The third kappa shape index (κ3) is 3.12. The normalized spacial score (nSPS) is 11.7. The molecule has 0 radical (unpaired) electrons. The van der Waals surface area contributed by atoms with Gasteiger partial charge in [0, 0.05) is 29.7 Å². The Morgan fingerprint density at radius 3 is 2.42 bits per heavy atom. The lowest BCUT2D eigenvalue weighted by atomic mass is 10.2. The highest BCUT2D eigenvalue weighted by atomic mass is 15.3. The van der Waals surface area contributed by atoms with Gasteiger partial charge in [0.2, 0.25) is 11.6 Å². The van der Waals surface area contributed by atoms with Gasteiger partial charge >= 0.3 is 0 Å². The van der Waals surface area contributed by atoms with Crippen LogP contribution in [0.4, 0.5) is 0 Å². The second-order valence-electron chi connectivity index (χ2n) is 3.53. The zero-order valence-corrected chi connectivity index (χ0v) is 10.4. The lowest BCUT2D eigenvalue weighted by molar-refractivity contribution is 0.845. The van der Waals surface area contributed by atoms with Crippen LogP contribution in [0.5, 0.6) is 0 Å². The van der Waals surface area contributed by atoms with Crippen molar-refractivity contribution in [2.75, 3.05) is 0 Å². The SMILES string of the molecule is C=N/C=C\C(=C/C)c1nnc(-c2ccncc2)nn1. The van der Waals surface area contributed by atoms with E-state index in [2.05, 4.69) is 37.1 Å². The van der Waals surface area contributed by atoms with Gasteiger partial charge < -0.3 is 0 Å². The third-order valence-electron chi connectivity index (χ3n) is 2.35. The standard InChI is InChI=1S/C13H12N6/c1-3-10(4-7-14-2)12-16-18-13(19-17-12)11-5-8-15-9-6-11/h3-9H,2H2,1H3/b7-4-,10-3+. The maximum Gasteiger partial charge on any atom is 0.203 e. The van der Waals surface area contributed by atoms with Gasteiger partial charge in [0.15, 0.2) is 0 Å². The molecule has 94 valence electrons. The molecule has 0 spiro atoms. The third-order valence-corrected chi connectivity index (χ3v) is 2.35. The first-order chi connectivity index (χ1) is 9.35. The highest BCUT2D eigenvalue weighted by molar-refractivity contribution is 5.68. The van der Waals surface area contributed by atoms with Crippen molar-refractivity contribution in [2.45, 2.75) is 6.92 Å². The average molecular weight is 252 g/mol. The molecular weight excluding hydrogens is 240 g/mol. The lowest BCUT2D eigenvalue weighted by Gasteiger charge is -2.00. The number of rotatable bonds is 4. The Kier molecular flexibility index (Phi) is 4.17. The number of hydrogen-bond donors (Lipinski definition) is 0. The largest absolute Gasteiger partial charge is 0.272 e. The molecule has 19 heavy (non-hydrogen) atoms. The molecule has 0 amide bonds. The van der Waals surface area contributed by atoms with E-state index in [1.165, 1.54) is 0 Å². The van der Waals surface area contributed by atoms with Crippen molar-refractivity contribution in [1.82, 2.24) is 25.4 Å². The number of aromatic nitrogens is 5. The number of allylic oxidation sites excluding steroid dienone is 3. The zero-order valence-electron chi connectivity index (χ0n) is 10.4. The van der Waals surface area contributed by atoms with Crippen molar-refractivity contribution in [2.24, 2.45) is 4.99 Å². The fourth-order valence-corrected chi connectivity index (χ4v) is 1.39. The molecule has 0 saturated carbocycles. The van der Waals surface area contributed by atoms with E-state index in [0.29, 0.717) is 11.6 Å². The van der Waals surface area contributed by atoms with Gasteiger partial charge in [-0.15, -0.1) is 20.4 Å².